The third-order valence-corrected chi connectivity index (χ3v) is 1.28. The molecule has 0 radical (unpaired) electrons. The maximum atomic E-state index is 10.8. The second-order valence-electron chi connectivity index (χ2n) is 2.52. The minimum absolute atomic E-state index is 0.124. The topological polar surface area (TPSA) is 43.4 Å². The van der Waals surface area contributed by atoms with E-state index in [1.54, 1.807) is 13.8 Å². The minimum atomic E-state index is -0.332. The number of carbonyl (C=O) groups excluding carboxylic acids is 2. The van der Waals surface area contributed by atoms with Crippen molar-refractivity contribution >= 4 is 11.8 Å². The van der Waals surface area contributed by atoms with Crippen LogP contribution in [-0.2, 0) is 14.3 Å². The molecule has 0 N–H and O–H groups in total. The first-order chi connectivity index (χ1) is 5.06. The van der Waals surface area contributed by atoms with Crippen molar-refractivity contribution in [2.75, 3.05) is 0 Å². The Kier molecular flexibility index (Phi) is 4.50. The fourth-order valence-electron chi connectivity index (χ4n) is 0.790. The molecule has 1 atom stereocenters. The minimum Gasteiger partial charge on any atom is -0.462 e. The van der Waals surface area contributed by atoms with E-state index in [4.69, 9.17) is 4.74 Å². The molecule has 0 aliphatic heterocycles. The van der Waals surface area contributed by atoms with Crippen molar-refractivity contribution in [1.29, 1.82) is 0 Å². The molecule has 0 amide bonds. The van der Waals surface area contributed by atoms with Crippen LogP contribution in [0.3, 0.4) is 0 Å². The van der Waals surface area contributed by atoms with E-state index >= 15 is 0 Å². The van der Waals surface area contributed by atoms with Crippen LogP contribution in [0.15, 0.2) is 0 Å². The van der Waals surface area contributed by atoms with Gasteiger partial charge in [-0.25, -0.2) is 0 Å². The fourth-order valence-corrected chi connectivity index (χ4v) is 0.790. The van der Waals surface area contributed by atoms with Crippen LogP contribution in [0, 0.1) is 0 Å². The molecule has 3 heteroatoms. The maximum Gasteiger partial charge on any atom is 0.302 e. The average Bonchev–Trinajstić information content (AvgIpc) is 1.85. The van der Waals surface area contributed by atoms with E-state index in [-0.39, 0.29) is 17.9 Å². The highest BCUT2D eigenvalue weighted by Gasteiger charge is 2.09. The highest BCUT2D eigenvalue weighted by Crippen LogP contribution is 2.00. The smallest absolute Gasteiger partial charge is 0.302 e. The van der Waals surface area contributed by atoms with Crippen LogP contribution in [0.4, 0.5) is 0 Å². The van der Waals surface area contributed by atoms with Gasteiger partial charge in [0.1, 0.15) is 11.9 Å². The first kappa shape index (κ1) is 10.1. The number of ether oxygens (including phenoxy) is 1. The third kappa shape index (κ3) is 5.58. The molecule has 3 nitrogen and oxygen atoms in total. The van der Waals surface area contributed by atoms with Crippen molar-refractivity contribution in [2.24, 2.45) is 0 Å². The molecule has 0 aliphatic rings. The summed E-state index contributed by atoms with van der Waals surface area (Å²) in [5.74, 6) is -0.208. The van der Waals surface area contributed by atoms with Crippen LogP contribution in [0.2, 0.25) is 0 Å². The summed E-state index contributed by atoms with van der Waals surface area (Å²) >= 11 is 0. The van der Waals surface area contributed by atoms with Crippen LogP contribution < -0.4 is 0 Å². The van der Waals surface area contributed by atoms with Gasteiger partial charge in [-0.15, -0.1) is 0 Å². The fraction of sp³-hybridized carbons (Fsp3) is 0.750. The Morgan fingerprint density at radius 3 is 2.36 bits per heavy atom. The Morgan fingerprint density at radius 2 is 2.00 bits per heavy atom. The van der Waals surface area contributed by atoms with Crippen molar-refractivity contribution in [3.8, 4) is 0 Å². The second kappa shape index (κ2) is 4.88. The van der Waals surface area contributed by atoms with Crippen molar-refractivity contribution in [3.05, 3.63) is 0 Å². The quantitative estimate of drug-likeness (QED) is 0.579. The van der Waals surface area contributed by atoms with Gasteiger partial charge in [0.25, 0.3) is 0 Å². The number of carbonyl (C=O) groups is 2. The van der Waals surface area contributed by atoms with Gasteiger partial charge >= 0.3 is 5.97 Å². The summed E-state index contributed by atoms with van der Waals surface area (Å²) in [6.07, 6.45) is 0.557. The molecular weight excluding hydrogens is 144 g/mol. The lowest BCUT2D eigenvalue weighted by molar-refractivity contribution is -0.146. The van der Waals surface area contributed by atoms with Gasteiger partial charge in [0.05, 0.1) is 0 Å². The molecule has 1 unspecified atom stereocenters. The van der Waals surface area contributed by atoms with Crippen molar-refractivity contribution < 1.29 is 14.3 Å². The molecule has 0 bridgehead atoms. The van der Waals surface area contributed by atoms with Crippen molar-refractivity contribution in [3.63, 3.8) is 0 Å². The number of esters is 1. The zero-order chi connectivity index (χ0) is 8.85. The summed E-state index contributed by atoms with van der Waals surface area (Å²) in [5, 5.41) is 0. The second-order valence-corrected chi connectivity index (χ2v) is 2.52. The number of hydrogen-bond donors (Lipinski definition) is 0. The molecule has 0 aliphatic carbocycles. The number of Topliss-reactive ketones (excluding diaryl/α,β-unsaturated/α-hetero) is 1. The monoisotopic (exact) mass is 158 g/mol. The Balaban J connectivity index is 3.60. The lowest BCUT2D eigenvalue weighted by Crippen LogP contribution is -2.16. The van der Waals surface area contributed by atoms with Gasteiger partial charge in [-0.1, -0.05) is 6.92 Å². The van der Waals surface area contributed by atoms with Gasteiger partial charge < -0.3 is 4.74 Å². The predicted octanol–water partition coefficient (Wildman–Crippen LogP) is 1.31. The van der Waals surface area contributed by atoms with Gasteiger partial charge in [-0.2, -0.15) is 0 Å². The SMILES string of the molecule is CCC(=O)CC(C)OC(C)=O. The van der Waals surface area contributed by atoms with Gasteiger partial charge in [0, 0.05) is 19.8 Å². The molecule has 0 aromatic heterocycles. The van der Waals surface area contributed by atoms with E-state index in [9.17, 15) is 9.59 Å². The molecule has 0 rings (SSSR count). The molecule has 0 aromatic rings. The predicted molar refractivity (Wildman–Crippen MR) is 41.1 cm³/mol. The van der Waals surface area contributed by atoms with Crippen LogP contribution in [-0.4, -0.2) is 17.9 Å². The Hall–Kier alpha value is -0.860. The van der Waals surface area contributed by atoms with Gasteiger partial charge in [0.15, 0.2) is 0 Å². The lowest BCUT2D eigenvalue weighted by Gasteiger charge is -2.09. The first-order valence-electron chi connectivity index (χ1n) is 3.75. The summed E-state index contributed by atoms with van der Waals surface area (Å²) in [6.45, 7) is 4.85. The first-order valence-corrected chi connectivity index (χ1v) is 3.75. The zero-order valence-electron chi connectivity index (χ0n) is 7.22. The molecular formula is C8H14O3. The number of rotatable bonds is 4. The maximum absolute atomic E-state index is 10.8. The normalized spacial score (nSPS) is 12.3. The van der Waals surface area contributed by atoms with Crippen LogP contribution >= 0.6 is 0 Å². The Bertz CT molecular complexity index is 151. The van der Waals surface area contributed by atoms with E-state index in [0.29, 0.717) is 12.8 Å². The molecule has 0 saturated carbocycles. The van der Waals surface area contributed by atoms with Gasteiger partial charge in [-0.05, 0) is 6.92 Å². The molecule has 0 heterocycles. The largest absolute Gasteiger partial charge is 0.462 e. The van der Waals surface area contributed by atoms with Gasteiger partial charge in [0.2, 0.25) is 0 Å². The van der Waals surface area contributed by atoms with Crippen molar-refractivity contribution in [2.45, 2.75) is 39.7 Å². The highest BCUT2D eigenvalue weighted by molar-refractivity contribution is 5.78. The van der Waals surface area contributed by atoms with E-state index in [2.05, 4.69) is 0 Å². The van der Waals surface area contributed by atoms with Crippen LogP contribution in [0.25, 0.3) is 0 Å². The lowest BCUT2D eigenvalue weighted by atomic mass is 10.1. The van der Waals surface area contributed by atoms with Crippen LogP contribution in [0.1, 0.15) is 33.6 Å². The third-order valence-electron chi connectivity index (χ3n) is 1.28. The van der Waals surface area contributed by atoms with E-state index in [0.717, 1.165) is 0 Å². The van der Waals surface area contributed by atoms with Gasteiger partial charge in [-0.3, -0.25) is 9.59 Å². The van der Waals surface area contributed by atoms with Crippen molar-refractivity contribution in [1.82, 2.24) is 0 Å². The molecule has 0 saturated heterocycles. The Morgan fingerprint density at radius 1 is 1.45 bits per heavy atom. The summed E-state index contributed by atoms with van der Waals surface area (Å²) < 4.78 is 4.76. The zero-order valence-corrected chi connectivity index (χ0v) is 7.22. The average molecular weight is 158 g/mol. The summed E-state index contributed by atoms with van der Waals surface area (Å²) in [7, 11) is 0. The summed E-state index contributed by atoms with van der Waals surface area (Å²) in [4.78, 5) is 21.2. The molecule has 64 valence electrons. The number of hydrogen-bond acceptors (Lipinski definition) is 3. The molecule has 0 fully saturated rings. The molecule has 0 aromatic carbocycles. The standard InChI is InChI=1S/C8H14O3/c1-4-8(10)5-6(2)11-7(3)9/h6H,4-5H2,1-3H3. The summed E-state index contributed by atoms with van der Waals surface area (Å²) in [5.41, 5.74) is 0. The molecule has 11 heavy (non-hydrogen) atoms. The summed E-state index contributed by atoms with van der Waals surface area (Å²) in [6, 6.07) is 0. The number of ketones is 1. The van der Waals surface area contributed by atoms with E-state index < -0.39 is 0 Å². The Labute approximate surface area is 66.7 Å². The van der Waals surface area contributed by atoms with Crippen LogP contribution in [0.5, 0.6) is 0 Å². The highest BCUT2D eigenvalue weighted by atomic mass is 16.5. The molecule has 0 spiro atoms. The van der Waals surface area contributed by atoms with E-state index in [1.165, 1.54) is 6.92 Å². The van der Waals surface area contributed by atoms with E-state index in [1.807, 2.05) is 0 Å².